The first kappa shape index (κ1) is 21.1. The summed E-state index contributed by atoms with van der Waals surface area (Å²) in [5.74, 6) is 0.480. The van der Waals surface area contributed by atoms with Crippen LogP contribution in [-0.4, -0.2) is 25.6 Å². The van der Waals surface area contributed by atoms with Crippen molar-refractivity contribution >= 4 is 28.2 Å². The second-order valence-electron chi connectivity index (χ2n) is 7.77. The van der Waals surface area contributed by atoms with Crippen LogP contribution in [-0.2, 0) is 22.4 Å². The van der Waals surface area contributed by atoms with Crippen molar-refractivity contribution in [1.29, 1.82) is 0 Å². The van der Waals surface area contributed by atoms with E-state index in [4.69, 9.17) is 9.47 Å². The summed E-state index contributed by atoms with van der Waals surface area (Å²) in [6.07, 6.45) is 2.78. The van der Waals surface area contributed by atoms with E-state index in [0.29, 0.717) is 22.2 Å². The maximum Gasteiger partial charge on any atom is 0.341 e. The molecule has 0 spiro atoms. The molecule has 31 heavy (non-hydrogen) atoms. The van der Waals surface area contributed by atoms with Gasteiger partial charge in [-0.25, -0.2) is 4.79 Å². The van der Waals surface area contributed by atoms with E-state index < -0.39 is 5.97 Å². The Hall–Kier alpha value is -3.12. The Morgan fingerprint density at radius 1 is 1.06 bits per heavy atom. The van der Waals surface area contributed by atoms with Crippen molar-refractivity contribution in [2.75, 3.05) is 19.0 Å². The Morgan fingerprint density at radius 2 is 1.77 bits per heavy atom. The molecule has 1 aliphatic rings. The first-order valence-corrected chi connectivity index (χ1v) is 11.2. The SMILES string of the molecule is COC(=O)c1c(NC(=O)COc2ccc(-c3ccccc3)cc2)sc2c1CC[C@H](C)C2. The predicted octanol–water partition coefficient (Wildman–Crippen LogP) is 5.34. The Labute approximate surface area is 186 Å². The average Bonchev–Trinajstić information content (AvgIpc) is 3.14. The number of amides is 1. The lowest BCUT2D eigenvalue weighted by Gasteiger charge is -2.18. The van der Waals surface area contributed by atoms with Crippen molar-refractivity contribution in [2.45, 2.75) is 26.2 Å². The third-order valence-electron chi connectivity index (χ3n) is 5.49. The van der Waals surface area contributed by atoms with Crippen molar-refractivity contribution in [2.24, 2.45) is 5.92 Å². The largest absolute Gasteiger partial charge is 0.484 e. The second-order valence-corrected chi connectivity index (χ2v) is 8.88. The van der Waals surface area contributed by atoms with Gasteiger partial charge in [-0.15, -0.1) is 11.3 Å². The number of esters is 1. The molecule has 4 rings (SSSR count). The molecule has 0 radical (unpaired) electrons. The van der Waals surface area contributed by atoms with Crippen LogP contribution in [0.4, 0.5) is 5.00 Å². The fraction of sp³-hybridized carbons (Fsp3) is 0.280. The summed E-state index contributed by atoms with van der Waals surface area (Å²) < 4.78 is 10.6. The van der Waals surface area contributed by atoms with Crippen LogP contribution in [0.25, 0.3) is 11.1 Å². The third kappa shape index (κ3) is 4.80. The first-order chi connectivity index (χ1) is 15.0. The van der Waals surface area contributed by atoms with Crippen LogP contribution in [0.15, 0.2) is 54.6 Å². The van der Waals surface area contributed by atoms with Gasteiger partial charge in [-0.1, -0.05) is 49.4 Å². The summed E-state index contributed by atoms with van der Waals surface area (Å²) >= 11 is 1.47. The van der Waals surface area contributed by atoms with Gasteiger partial charge in [-0.3, -0.25) is 4.79 Å². The van der Waals surface area contributed by atoms with Gasteiger partial charge >= 0.3 is 5.97 Å². The lowest BCUT2D eigenvalue weighted by Crippen LogP contribution is -2.21. The smallest absolute Gasteiger partial charge is 0.341 e. The highest BCUT2D eigenvalue weighted by molar-refractivity contribution is 7.17. The molecule has 1 aliphatic carbocycles. The van der Waals surface area contributed by atoms with Crippen LogP contribution in [0, 0.1) is 5.92 Å². The zero-order valence-corrected chi connectivity index (χ0v) is 18.5. The van der Waals surface area contributed by atoms with Gasteiger partial charge in [0, 0.05) is 4.88 Å². The van der Waals surface area contributed by atoms with E-state index in [9.17, 15) is 9.59 Å². The number of nitrogens with one attached hydrogen (secondary N) is 1. The molecule has 0 bridgehead atoms. The van der Waals surface area contributed by atoms with E-state index in [2.05, 4.69) is 12.2 Å². The molecule has 0 saturated heterocycles. The summed E-state index contributed by atoms with van der Waals surface area (Å²) in [7, 11) is 1.37. The summed E-state index contributed by atoms with van der Waals surface area (Å²) in [6.45, 7) is 2.07. The number of hydrogen-bond acceptors (Lipinski definition) is 5. The molecule has 6 heteroatoms. The molecule has 160 valence electrons. The number of ether oxygens (including phenoxy) is 2. The third-order valence-corrected chi connectivity index (χ3v) is 6.66. The van der Waals surface area contributed by atoms with Crippen molar-refractivity contribution in [3.05, 3.63) is 70.6 Å². The average molecular weight is 436 g/mol. The molecule has 0 aliphatic heterocycles. The molecule has 1 aromatic heterocycles. The zero-order chi connectivity index (χ0) is 21.8. The Balaban J connectivity index is 1.42. The number of carbonyl (C=O) groups is 2. The lowest BCUT2D eigenvalue weighted by atomic mass is 9.88. The van der Waals surface area contributed by atoms with Gasteiger partial charge in [0.15, 0.2) is 6.61 Å². The topological polar surface area (TPSA) is 64.6 Å². The molecular weight excluding hydrogens is 410 g/mol. The lowest BCUT2D eigenvalue weighted by molar-refractivity contribution is -0.118. The van der Waals surface area contributed by atoms with Gasteiger partial charge in [0.2, 0.25) is 0 Å². The number of hydrogen-bond donors (Lipinski definition) is 1. The summed E-state index contributed by atoms with van der Waals surface area (Å²) in [6, 6.07) is 17.7. The maximum absolute atomic E-state index is 12.5. The van der Waals surface area contributed by atoms with E-state index in [1.807, 2.05) is 54.6 Å². The highest BCUT2D eigenvalue weighted by Gasteiger charge is 2.28. The fourth-order valence-electron chi connectivity index (χ4n) is 3.84. The summed E-state index contributed by atoms with van der Waals surface area (Å²) in [4.78, 5) is 26.1. The van der Waals surface area contributed by atoms with Gasteiger partial charge < -0.3 is 14.8 Å². The summed E-state index contributed by atoms with van der Waals surface area (Å²) in [5, 5.41) is 3.41. The first-order valence-electron chi connectivity index (χ1n) is 10.4. The van der Waals surface area contributed by atoms with E-state index in [0.717, 1.165) is 40.8 Å². The Morgan fingerprint density at radius 3 is 2.48 bits per heavy atom. The number of carbonyl (C=O) groups excluding carboxylic acids is 2. The minimum Gasteiger partial charge on any atom is -0.484 e. The molecule has 1 heterocycles. The molecule has 3 aromatic rings. The maximum atomic E-state index is 12.5. The van der Waals surface area contributed by atoms with Gasteiger partial charge in [-0.2, -0.15) is 0 Å². The molecule has 1 atom stereocenters. The minimum absolute atomic E-state index is 0.135. The second kappa shape index (κ2) is 9.35. The molecule has 1 N–H and O–H groups in total. The monoisotopic (exact) mass is 435 g/mol. The fourth-order valence-corrected chi connectivity index (χ4v) is 5.26. The highest BCUT2D eigenvalue weighted by atomic mass is 32.1. The van der Waals surface area contributed by atoms with Crippen LogP contribution < -0.4 is 10.1 Å². The van der Waals surface area contributed by atoms with Crippen LogP contribution in [0.3, 0.4) is 0 Å². The predicted molar refractivity (Wildman–Crippen MR) is 123 cm³/mol. The van der Waals surface area contributed by atoms with Crippen molar-refractivity contribution in [1.82, 2.24) is 0 Å². The number of thiophene rings is 1. The molecule has 2 aromatic carbocycles. The number of rotatable bonds is 6. The van der Waals surface area contributed by atoms with Crippen LogP contribution >= 0.6 is 11.3 Å². The molecule has 0 saturated carbocycles. The van der Waals surface area contributed by atoms with E-state index in [1.165, 1.54) is 18.4 Å². The molecule has 0 unspecified atom stereocenters. The number of benzene rings is 2. The van der Waals surface area contributed by atoms with Crippen molar-refractivity contribution < 1.29 is 19.1 Å². The molecule has 5 nitrogen and oxygen atoms in total. The summed E-state index contributed by atoms with van der Waals surface area (Å²) in [5.41, 5.74) is 3.72. The number of methoxy groups -OCH3 is 1. The van der Waals surface area contributed by atoms with E-state index in [-0.39, 0.29) is 12.5 Å². The van der Waals surface area contributed by atoms with Crippen molar-refractivity contribution in [3.63, 3.8) is 0 Å². The quantitative estimate of drug-likeness (QED) is 0.531. The Bertz CT molecular complexity index is 1070. The Kier molecular flexibility index (Phi) is 6.37. The van der Waals surface area contributed by atoms with E-state index in [1.54, 1.807) is 0 Å². The molecule has 1 amide bonds. The van der Waals surface area contributed by atoms with Gasteiger partial charge in [-0.05, 0) is 54.0 Å². The van der Waals surface area contributed by atoms with Crippen LogP contribution in [0.1, 0.15) is 34.1 Å². The van der Waals surface area contributed by atoms with Gasteiger partial charge in [0.25, 0.3) is 5.91 Å². The van der Waals surface area contributed by atoms with Crippen LogP contribution in [0.5, 0.6) is 5.75 Å². The molecular formula is C25H25NO4S. The highest BCUT2D eigenvalue weighted by Crippen LogP contribution is 2.40. The van der Waals surface area contributed by atoms with Gasteiger partial charge in [0.1, 0.15) is 10.8 Å². The van der Waals surface area contributed by atoms with E-state index >= 15 is 0 Å². The normalized spacial score (nSPS) is 15.1. The zero-order valence-electron chi connectivity index (χ0n) is 17.6. The number of anilines is 1. The minimum atomic E-state index is -0.403. The molecule has 0 fully saturated rings. The number of fused-ring (bicyclic) bond motifs is 1. The van der Waals surface area contributed by atoms with Gasteiger partial charge in [0.05, 0.1) is 12.7 Å². The van der Waals surface area contributed by atoms with Crippen molar-refractivity contribution in [3.8, 4) is 16.9 Å². The standard InChI is InChI=1S/C25H25NO4S/c1-16-8-13-20-21(14-16)31-24(23(20)25(28)29-2)26-22(27)15-30-19-11-9-18(10-12-19)17-6-4-3-5-7-17/h3-7,9-12,16H,8,13-15H2,1-2H3,(H,26,27)/t16-/m0/s1. The van der Waals surface area contributed by atoms with Crippen LogP contribution in [0.2, 0.25) is 0 Å².